The fraction of sp³-hybridized carbons (Fsp3) is 1.00. The van der Waals surface area contributed by atoms with Crippen molar-refractivity contribution in [3.8, 4) is 0 Å². The van der Waals surface area contributed by atoms with Gasteiger partial charge in [-0.25, -0.2) is 0 Å². The monoisotopic (exact) mass is 162 g/mol. The van der Waals surface area contributed by atoms with E-state index in [2.05, 4.69) is 0 Å². The minimum atomic E-state index is 0.510. The maximum atomic E-state index is 5.19. The Balaban J connectivity index is 1.93. The third kappa shape index (κ3) is 2.15. The third-order valence-corrected chi connectivity index (χ3v) is 2.32. The number of hydrogen-bond acceptors (Lipinski definition) is 3. The first-order valence-corrected chi connectivity index (χ1v) is 4.70. The topological polar surface area (TPSA) is 18.5 Å². The van der Waals surface area contributed by atoms with Gasteiger partial charge >= 0.3 is 0 Å². The first kappa shape index (κ1) is 8.37. The zero-order valence-corrected chi connectivity index (χ0v) is 7.32. The molecule has 0 aromatic carbocycles. The Kier molecular flexibility index (Phi) is 3.52. The Bertz CT molecular complexity index is 88.9. The van der Waals surface area contributed by atoms with Crippen molar-refractivity contribution < 1.29 is 8.92 Å². The van der Waals surface area contributed by atoms with Crippen LogP contribution in [0.4, 0.5) is 0 Å². The first-order valence-electron chi connectivity index (χ1n) is 3.55. The lowest BCUT2D eigenvalue weighted by Crippen LogP contribution is -2.32. The second-order valence-corrected chi connectivity index (χ2v) is 3.22. The summed E-state index contributed by atoms with van der Waals surface area (Å²) in [6, 6.07) is 0. The SMILES string of the molecule is COC1CC(COSC)C1. The van der Waals surface area contributed by atoms with E-state index in [0.29, 0.717) is 6.10 Å². The molecule has 1 aliphatic rings. The van der Waals surface area contributed by atoms with Crippen molar-refractivity contribution in [3.05, 3.63) is 0 Å². The number of methoxy groups -OCH3 is 1. The van der Waals surface area contributed by atoms with Gasteiger partial charge in [-0.15, -0.1) is 0 Å². The molecule has 3 heteroatoms. The van der Waals surface area contributed by atoms with Crippen molar-refractivity contribution in [1.82, 2.24) is 0 Å². The normalized spacial score (nSPS) is 31.8. The minimum Gasteiger partial charge on any atom is -0.381 e. The molecule has 1 rings (SSSR count). The van der Waals surface area contributed by atoms with Crippen LogP contribution in [-0.4, -0.2) is 26.1 Å². The van der Waals surface area contributed by atoms with Gasteiger partial charge in [-0.05, 0) is 30.8 Å². The van der Waals surface area contributed by atoms with E-state index in [1.165, 1.54) is 24.9 Å². The molecule has 0 spiro atoms. The van der Waals surface area contributed by atoms with Crippen LogP contribution in [0, 0.1) is 5.92 Å². The van der Waals surface area contributed by atoms with Crippen molar-refractivity contribution in [3.63, 3.8) is 0 Å². The molecule has 0 aromatic heterocycles. The summed E-state index contributed by atoms with van der Waals surface area (Å²) in [6.07, 6.45) is 4.82. The summed E-state index contributed by atoms with van der Waals surface area (Å²) < 4.78 is 10.3. The predicted octanol–water partition coefficient (Wildman–Crippen LogP) is 1.71. The van der Waals surface area contributed by atoms with Crippen LogP contribution in [0.5, 0.6) is 0 Å². The minimum absolute atomic E-state index is 0.510. The highest BCUT2D eigenvalue weighted by molar-refractivity contribution is 7.93. The number of ether oxygens (including phenoxy) is 1. The van der Waals surface area contributed by atoms with Gasteiger partial charge in [0.05, 0.1) is 12.7 Å². The number of hydrogen-bond donors (Lipinski definition) is 0. The molecule has 0 bridgehead atoms. The highest BCUT2D eigenvalue weighted by Gasteiger charge is 2.28. The lowest BCUT2D eigenvalue weighted by atomic mass is 9.83. The highest BCUT2D eigenvalue weighted by Crippen LogP contribution is 2.30. The van der Waals surface area contributed by atoms with Gasteiger partial charge in [0.1, 0.15) is 0 Å². The summed E-state index contributed by atoms with van der Waals surface area (Å²) in [6.45, 7) is 0.890. The largest absolute Gasteiger partial charge is 0.381 e. The molecule has 10 heavy (non-hydrogen) atoms. The van der Waals surface area contributed by atoms with Crippen molar-refractivity contribution in [2.75, 3.05) is 20.0 Å². The van der Waals surface area contributed by atoms with Crippen LogP contribution < -0.4 is 0 Å². The molecule has 0 atom stereocenters. The Hall–Kier alpha value is 0.270. The van der Waals surface area contributed by atoms with Crippen molar-refractivity contribution >= 4 is 12.0 Å². The van der Waals surface area contributed by atoms with Crippen LogP contribution in [0.3, 0.4) is 0 Å². The Morgan fingerprint density at radius 1 is 1.50 bits per heavy atom. The standard InChI is InChI=1S/C7H14O2S/c1-8-7-3-6(4-7)5-9-10-2/h6-7H,3-5H2,1-2H3. The smallest absolute Gasteiger partial charge is 0.0643 e. The Morgan fingerprint density at radius 3 is 2.70 bits per heavy atom. The maximum Gasteiger partial charge on any atom is 0.0643 e. The second-order valence-electron chi connectivity index (χ2n) is 2.65. The van der Waals surface area contributed by atoms with E-state index >= 15 is 0 Å². The molecule has 1 saturated carbocycles. The van der Waals surface area contributed by atoms with Crippen molar-refractivity contribution in [2.24, 2.45) is 5.92 Å². The summed E-state index contributed by atoms with van der Waals surface area (Å²) in [5.74, 6) is 0.748. The molecule has 0 N–H and O–H groups in total. The first-order chi connectivity index (χ1) is 4.86. The molecule has 1 aliphatic carbocycles. The molecule has 1 fully saturated rings. The zero-order valence-electron chi connectivity index (χ0n) is 6.50. The number of rotatable bonds is 4. The van der Waals surface area contributed by atoms with E-state index in [-0.39, 0.29) is 0 Å². The second kappa shape index (κ2) is 4.21. The van der Waals surface area contributed by atoms with Crippen LogP contribution >= 0.6 is 12.0 Å². The van der Waals surface area contributed by atoms with E-state index < -0.39 is 0 Å². The van der Waals surface area contributed by atoms with Crippen LogP contribution in [0.2, 0.25) is 0 Å². The maximum absolute atomic E-state index is 5.19. The van der Waals surface area contributed by atoms with Gasteiger partial charge in [-0.3, -0.25) is 0 Å². The third-order valence-electron chi connectivity index (χ3n) is 1.95. The Labute approximate surface area is 66.5 Å². The van der Waals surface area contributed by atoms with Crippen LogP contribution in [0.15, 0.2) is 0 Å². The Morgan fingerprint density at radius 2 is 2.20 bits per heavy atom. The molecule has 60 valence electrons. The molecule has 0 aliphatic heterocycles. The predicted molar refractivity (Wildman–Crippen MR) is 43.0 cm³/mol. The van der Waals surface area contributed by atoms with Crippen molar-refractivity contribution in [1.29, 1.82) is 0 Å². The summed E-state index contributed by atoms with van der Waals surface area (Å²) in [5, 5.41) is 0. The quantitative estimate of drug-likeness (QED) is 0.586. The van der Waals surface area contributed by atoms with Crippen LogP contribution in [0.25, 0.3) is 0 Å². The van der Waals surface area contributed by atoms with Crippen molar-refractivity contribution in [2.45, 2.75) is 18.9 Å². The lowest BCUT2D eigenvalue weighted by molar-refractivity contribution is -0.0117. The summed E-state index contributed by atoms with van der Waals surface area (Å²) in [7, 11) is 1.77. The molecule has 0 radical (unpaired) electrons. The summed E-state index contributed by atoms with van der Waals surface area (Å²) in [5.41, 5.74) is 0. The molecule has 0 amide bonds. The van der Waals surface area contributed by atoms with Gasteiger partial charge in [-0.1, -0.05) is 0 Å². The molecule has 2 nitrogen and oxygen atoms in total. The lowest BCUT2D eigenvalue weighted by Gasteiger charge is -2.33. The van der Waals surface area contributed by atoms with Gasteiger partial charge < -0.3 is 8.92 Å². The summed E-state index contributed by atoms with van der Waals surface area (Å²) in [4.78, 5) is 0. The highest BCUT2D eigenvalue weighted by atomic mass is 32.2. The molecule has 0 heterocycles. The van der Waals surface area contributed by atoms with Gasteiger partial charge in [0.25, 0.3) is 0 Å². The van der Waals surface area contributed by atoms with Gasteiger partial charge in [0.2, 0.25) is 0 Å². The fourth-order valence-electron chi connectivity index (χ4n) is 1.17. The van der Waals surface area contributed by atoms with Crippen LogP contribution in [0.1, 0.15) is 12.8 Å². The molecule has 0 aromatic rings. The van der Waals surface area contributed by atoms with E-state index in [1.54, 1.807) is 7.11 Å². The fourth-order valence-corrected chi connectivity index (χ4v) is 1.50. The molecule has 0 unspecified atom stereocenters. The van der Waals surface area contributed by atoms with Gasteiger partial charge in [-0.2, -0.15) is 0 Å². The van der Waals surface area contributed by atoms with Gasteiger partial charge in [0.15, 0.2) is 0 Å². The summed E-state index contributed by atoms with van der Waals surface area (Å²) >= 11 is 1.45. The van der Waals surface area contributed by atoms with E-state index in [4.69, 9.17) is 8.92 Å². The average Bonchev–Trinajstić information content (AvgIpc) is 1.86. The average molecular weight is 162 g/mol. The zero-order chi connectivity index (χ0) is 7.40. The molecular formula is C7H14O2S. The van der Waals surface area contributed by atoms with E-state index in [0.717, 1.165) is 12.5 Å². The van der Waals surface area contributed by atoms with Crippen LogP contribution in [-0.2, 0) is 8.92 Å². The molecular weight excluding hydrogens is 148 g/mol. The van der Waals surface area contributed by atoms with E-state index in [1.807, 2.05) is 6.26 Å². The van der Waals surface area contributed by atoms with Gasteiger partial charge in [0, 0.05) is 13.4 Å². The molecule has 0 saturated heterocycles. The van der Waals surface area contributed by atoms with E-state index in [9.17, 15) is 0 Å².